The van der Waals surface area contributed by atoms with E-state index in [-0.39, 0.29) is 6.04 Å². The smallest absolute Gasteiger partial charge is 0.180 e. The maximum Gasteiger partial charge on any atom is 0.180 e. The summed E-state index contributed by atoms with van der Waals surface area (Å²) in [6.45, 7) is 6.63. The standard InChI is InChI=1S/C16H19NO/c1-4-7-13-9-6-10-15(14(13)8-5-2)16-11-18-12(3)17-16/h4-10,16H,11H2,1-3H3/b7-4-,8-5-. The van der Waals surface area contributed by atoms with Crippen LogP contribution >= 0.6 is 0 Å². The predicted octanol–water partition coefficient (Wildman–Crippen LogP) is 4.24. The number of hydrogen-bond acceptors (Lipinski definition) is 2. The summed E-state index contributed by atoms with van der Waals surface area (Å²) in [4.78, 5) is 4.54. The van der Waals surface area contributed by atoms with Gasteiger partial charge in [-0.2, -0.15) is 0 Å². The van der Waals surface area contributed by atoms with Gasteiger partial charge >= 0.3 is 0 Å². The Balaban J connectivity index is 2.49. The number of hydrogen-bond donors (Lipinski definition) is 0. The van der Waals surface area contributed by atoms with Crippen molar-refractivity contribution in [2.45, 2.75) is 26.8 Å². The molecule has 18 heavy (non-hydrogen) atoms. The molecule has 1 atom stereocenters. The first kappa shape index (κ1) is 12.6. The van der Waals surface area contributed by atoms with Crippen LogP contribution in [0, 0.1) is 0 Å². The molecule has 0 aromatic heterocycles. The molecule has 1 unspecified atom stereocenters. The Hall–Kier alpha value is -1.83. The Morgan fingerprint density at radius 3 is 2.61 bits per heavy atom. The normalized spacial score (nSPS) is 19.5. The Bertz CT molecular complexity index is 512. The first-order valence-electron chi connectivity index (χ1n) is 6.31. The molecular formula is C16H19NO. The molecule has 1 heterocycles. The van der Waals surface area contributed by atoms with Crippen LogP contribution in [0.25, 0.3) is 12.2 Å². The first-order valence-corrected chi connectivity index (χ1v) is 6.31. The Kier molecular flexibility index (Phi) is 3.98. The van der Waals surface area contributed by atoms with Gasteiger partial charge in [-0.25, -0.2) is 4.99 Å². The van der Waals surface area contributed by atoms with Crippen LogP contribution in [0.15, 0.2) is 35.3 Å². The van der Waals surface area contributed by atoms with E-state index >= 15 is 0 Å². The number of allylic oxidation sites excluding steroid dienone is 2. The van der Waals surface area contributed by atoms with Gasteiger partial charge in [0.05, 0.1) is 0 Å². The molecule has 0 radical (unpaired) electrons. The maximum atomic E-state index is 5.46. The maximum absolute atomic E-state index is 5.46. The highest BCUT2D eigenvalue weighted by molar-refractivity contribution is 5.76. The molecule has 94 valence electrons. The van der Waals surface area contributed by atoms with Crippen LogP contribution in [0.1, 0.15) is 43.5 Å². The highest BCUT2D eigenvalue weighted by atomic mass is 16.5. The molecule has 0 N–H and O–H groups in total. The average molecular weight is 241 g/mol. The van der Waals surface area contributed by atoms with Crippen molar-refractivity contribution in [2.24, 2.45) is 4.99 Å². The monoisotopic (exact) mass is 241 g/mol. The Labute approximate surface area is 109 Å². The van der Waals surface area contributed by atoms with Gasteiger partial charge in [0.2, 0.25) is 0 Å². The Morgan fingerprint density at radius 1 is 1.22 bits per heavy atom. The van der Waals surface area contributed by atoms with Crippen LogP contribution in [0.2, 0.25) is 0 Å². The second-order valence-electron chi connectivity index (χ2n) is 4.33. The van der Waals surface area contributed by atoms with Gasteiger partial charge in [-0.15, -0.1) is 0 Å². The number of aliphatic imine (C=N–C) groups is 1. The number of nitrogens with zero attached hydrogens (tertiary/aromatic N) is 1. The van der Waals surface area contributed by atoms with Gasteiger partial charge in [-0.3, -0.25) is 0 Å². The van der Waals surface area contributed by atoms with Crippen molar-refractivity contribution >= 4 is 18.0 Å². The van der Waals surface area contributed by atoms with E-state index in [0.29, 0.717) is 6.61 Å². The third-order valence-electron chi connectivity index (χ3n) is 3.00. The summed E-state index contributed by atoms with van der Waals surface area (Å²) in [7, 11) is 0. The van der Waals surface area contributed by atoms with Gasteiger partial charge in [-0.1, -0.05) is 42.5 Å². The topological polar surface area (TPSA) is 21.6 Å². The van der Waals surface area contributed by atoms with Crippen LogP contribution in [0.4, 0.5) is 0 Å². The molecule has 2 rings (SSSR count). The molecule has 2 heteroatoms. The van der Waals surface area contributed by atoms with Gasteiger partial charge < -0.3 is 4.74 Å². The highest BCUT2D eigenvalue weighted by Crippen LogP contribution is 2.29. The quantitative estimate of drug-likeness (QED) is 0.775. The van der Waals surface area contributed by atoms with Crippen molar-refractivity contribution < 1.29 is 4.74 Å². The van der Waals surface area contributed by atoms with E-state index in [1.165, 1.54) is 16.7 Å². The summed E-state index contributed by atoms with van der Waals surface area (Å²) in [6.07, 6.45) is 8.41. The fourth-order valence-corrected chi connectivity index (χ4v) is 2.23. The van der Waals surface area contributed by atoms with E-state index in [1.54, 1.807) is 0 Å². The van der Waals surface area contributed by atoms with E-state index in [1.807, 2.05) is 20.8 Å². The molecular weight excluding hydrogens is 222 g/mol. The van der Waals surface area contributed by atoms with Gasteiger partial charge in [-0.05, 0) is 30.5 Å². The molecule has 2 nitrogen and oxygen atoms in total. The summed E-state index contributed by atoms with van der Waals surface area (Å²) in [5.74, 6) is 0.780. The van der Waals surface area contributed by atoms with Gasteiger partial charge in [0, 0.05) is 6.92 Å². The van der Waals surface area contributed by atoms with Crippen molar-refractivity contribution in [3.63, 3.8) is 0 Å². The minimum absolute atomic E-state index is 0.126. The zero-order valence-corrected chi connectivity index (χ0v) is 11.2. The van der Waals surface area contributed by atoms with Gasteiger partial charge in [0.1, 0.15) is 12.6 Å². The van der Waals surface area contributed by atoms with Crippen LogP contribution in [0.3, 0.4) is 0 Å². The number of benzene rings is 1. The molecule has 1 aromatic rings. The van der Waals surface area contributed by atoms with Gasteiger partial charge in [0.25, 0.3) is 0 Å². The van der Waals surface area contributed by atoms with Crippen LogP contribution < -0.4 is 0 Å². The summed E-state index contributed by atoms with van der Waals surface area (Å²) in [5, 5.41) is 0. The third-order valence-corrected chi connectivity index (χ3v) is 3.00. The van der Waals surface area contributed by atoms with Gasteiger partial charge in [0.15, 0.2) is 5.90 Å². The fraction of sp³-hybridized carbons (Fsp3) is 0.312. The second-order valence-corrected chi connectivity index (χ2v) is 4.33. The van der Waals surface area contributed by atoms with Crippen LogP contribution in [-0.2, 0) is 4.74 Å². The Morgan fingerprint density at radius 2 is 2.00 bits per heavy atom. The minimum Gasteiger partial charge on any atom is -0.479 e. The van der Waals surface area contributed by atoms with Crippen LogP contribution in [0.5, 0.6) is 0 Å². The highest BCUT2D eigenvalue weighted by Gasteiger charge is 2.20. The molecule has 0 spiro atoms. The first-order chi connectivity index (χ1) is 8.76. The molecule has 0 aliphatic carbocycles. The molecule has 0 saturated carbocycles. The number of rotatable bonds is 3. The zero-order chi connectivity index (χ0) is 13.0. The molecule has 0 amide bonds. The SMILES string of the molecule is C/C=C\c1cccc(C2COC(C)=N2)c1/C=C\C. The minimum atomic E-state index is 0.126. The van der Waals surface area contributed by atoms with Crippen molar-refractivity contribution in [1.82, 2.24) is 0 Å². The van der Waals surface area contributed by atoms with Crippen molar-refractivity contribution in [3.05, 3.63) is 47.0 Å². The lowest BCUT2D eigenvalue weighted by molar-refractivity contribution is 0.317. The summed E-state index contributed by atoms with van der Waals surface area (Å²) in [6, 6.07) is 6.48. The largest absolute Gasteiger partial charge is 0.479 e. The van der Waals surface area contributed by atoms with Crippen LogP contribution in [-0.4, -0.2) is 12.5 Å². The predicted molar refractivity (Wildman–Crippen MR) is 77.7 cm³/mol. The van der Waals surface area contributed by atoms with Crippen molar-refractivity contribution in [2.75, 3.05) is 6.61 Å². The van der Waals surface area contributed by atoms with E-state index in [4.69, 9.17) is 4.74 Å². The summed E-state index contributed by atoms with van der Waals surface area (Å²) < 4.78 is 5.46. The van der Waals surface area contributed by atoms with E-state index in [2.05, 4.69) is 47.5 Å². The molecule has 1 aliphatic heterocycles. The summed E-state index contributed by atoms with van der Waals surface area (Å²) in [5.41, 5.74) is 3.71. The fourth-order valence-electron chi connectivity index (χ4n) is 2.23. The summed E-state index contributed by atoms with van der Waals surface area (Å²) >= 11 is 0. The zero-order valence-electron chi connectivity index (χ0n) is 11.2. The molecule has 1 aliphatic rings. The number of ether oxygens (including phenoxy) is 1. The lowest BCUT2D eigenvalue weighted by atomic mass is 9.95. The van der Waals surface area contributed by atoms with Crippen molar-refractivity contribution in [3.8, 4) is 0 Å². The third kappa shape index (κ3) is 2.53. The molecule has 0 bridgehead atoms. The molecule has 0 saturated heterocycles. The molecule has 0 fully saturated rings. The van der Waals surface area contributed by atoms with Crippen molar-refractivity contribution in [1.29, 1.82) is 0 Å². The lowest BCUT2D eigenvalue weighted by Crippen LogP contribution is -2.01. The average Bonchev–Trinajstić information content (AvgIpc) is 2.78. The second kappa shape index (κ2) is 5.67. The molecule has 1 aromatic carbocycles. The lowest BCUT2D eigenvalue weighted by Gasteiger charge is -2.12. The van der Waals surface area contributed by atoms with E-state index in [0.717, 1.165) is 5.90 Å². The van der Waals surface area contributed by atoms with E-state index in [9.17, 15) is 0 Å². The van der Waals surface area contributed by atoms with E-state index < -0.39 is 0 Å².